The Bertz CT molecular complexity index is 884. The maximum absolute atomic E-state index is 6.40. The lowest BCUT2D eigenvalue weighted by atomic mass is 10.0. The zero-order valence-corrected chi connectivity index (χ0v) is 16.7. The number of halogens is 2. The number of nitrogens with one attached hydrogen (secondary N) is 2. The van der Waals surface area contributed by atoms with Gasteiger partial charge in [0, 0.05) is 23.1 Å². The summed E-state index contributed by atoms with van der Waals surface area (Å²) in [4.78, 5) is 5.75. The van der Waals surface area contributed by atoms with Crippen molar-refractivity contribution in [3.8, 4) is 5.75 Å². The first-order valence-electron chi connectivity index (χ1n) is 9.22. The Balaban J connectivity index is 1.58. The highest BCUT2D eigenvalue weighted by Gasteiger charge is 2.58. The fourth-order valence-electron chi connectivity index (χ4n) is 3.47. The van der Waals surface area contributed by atoms with Gasteiger partial charge in [-0.15, -0.1) is 0 Å². The topological polar surface area (TPSA) is 42.5 Å². The van der Waals surface area contributed by atoms with E-state index >= 15 is 0 Å². The third kappa shape index (κ3) is 3.55. The Kier molecular flexibility index (Phi) is 5.33. The molecule has 4 nitrogen and oxygen atoms in total. The zero-order valence-electron chi connectivity index (χ0n) is 15.1. The number of ether oxygens (including phenoxy) is 1. The Hall–Kier alpha value is -1.72. The van der Waals surface area contributed by atoms with Gasteiger partial charge in [0.2, 0.25) is 0 Å². The van der Waals surface area contributed by atoms with E-state index in [1.54, 1.807) is 0 Å². The van der Waals surface area contributed by atoms with Gasteiger partial charge in [-0.25, -0.2) is 0 Å². The molecule has 1 atom stereocenters. The fraction of sp³-hybridized carbons (Fsp3) is 0.333. The summed E-state index contributed by atoms with van der Waals surface area (Å²) in [6, 6.07) is 13.7. The van der Waals surface area contributed by atoms with Crippen LogP contribution < -0.4 is 15.5 Å². The number of hydrogen-bond donors (Lipinski definition) is 2. The maximum atomic E-state index is 6.40. The van der Waals surface area contributed by atoms with Crippen LogP contribution in [-0.4, -0.2) is 19.7 Å². The summed E-state index contributed by atoms with van der Waals surface area (Å²) in [7, 11) is 0. The van der Waals surface area contributed by atoms with Gasteiger partial charge in [0.05, 0.1) is 22.3 Å². The molecule has 0 spiro atoms. The lowest BCUT2D eigenvalue weighted by Gasteiger charge is -2.26. The van der Waals surface area contributed by atoms with E-state index in [2.05, 4.69) is 17.7 Å². The van der Waals surface area contributed by atoms with Crippen LogP contribution in [0.15, 0.2) is 48.0 Å². The van der Waals surface area contributed by atoms with Gasteiger partial charge in [-0.2, -0.15) is 0 Å². The second-order valence-electron chi connectivity index (χ2n) is 6.74. The van der Waals surface area contributed by atoms with Crippen molar-refractivity contribution in [2.24, 2.45) is 0 Å². The molecule has 2 aromatic carbocycles. The molecule has 1 fully saturated rings. The Labute approximate surface area is 169 Å². The van der Waals surface area contributed by atoms with Crippen molar-refractivity contribution >= 4 is 28.9 Å². The molecular weight excluding hydrogens is 383 g/mol. The molecule has 0 aromatic heterocycles. The van der Waals surface area contributed by atoms with Crippen LogP contribution in [0.4, 0.5) is 0 Å². The Morgan fingerprint density at radius 2 is 2.00 bits per heavy atom. The minimum atomic E-state index is -0.488. The van der Waals surface area contributed by atoms with Gasteiger partial charge in [0.25, 0.3) is 0 Å². The molecule has 142 valence electrons. The quantitative estimate of drug-likeness (QED) is 0.484. The minimum absolute atomic E-state index is 0.488. The number of benzene rings is 2. The molecule has 2 N–H and O–H groups in total. The van der Waals surface area contributed by atoms with Crippen LogP contribution in [-0.2, 0) is 10.4 Å². The third-order valence-electron chi connectivity index (χ3n) is 4.94. The molecule has 0 amide bonds. The first kappa shape index (κ1) is 18.6. The summed E-state index contributed by atoms with van der Waals surface area (Å²) in [6.07, 6.45) is 1.74. The lowest BCUT2D eigenvalue weighted by molar-refractivity contribution is 0.0746. The van der Waals surface area contributed by atoms with Crippen LogP contribution in [0.25, 0.3) is 5.70 Å². The summed E-state index contributed by atoms with van der Waals surface area (Å²) in [5.41, 5.74) is 6.88. The monoisotopic (exact) mass is 404 g/mol. The molecule has 27 heavy (non-hydrogen) atoms. The Morgan fingerprint density at radius 3 is 2.81 bits per heavy atom. The molecule has 1 heterocycles. The largest absolute Gasteiger partial charge is 0.477 e. The highest BCUT2D eigenvalue weighted by Crippen LogP contribution is 2.61. The minimum Gasteiger partial charge on any atom is -0.477 e. The smallest absolute Gasteiger partial charge is 0.162 e. The molecule has 2 aliphatic rings. The standard InChI is InChI=1S/C21H22Cl2N2O2/c1-2-24-10-5-11-26-25-20-15-6-3-4-7-19(15)27-21(13-16(20)21)14-8-9-17(22)18(23)12-14/h3-4,6-9,12,24-25H,2,5,10-11,13H2,1H3. The van der Waals surface area contributed by atoms with Crippen molar-refractivity contribution in [3.05, 3.63) is 69.2 Å². The number of hydrogen-bond acceptors (Lipinski definition) is 4. The van der Waals surface area contributed by atoms with E-state index in [1.165, 1.54) is 5.57 Å². The SMILES string of the molecule is CCNCCCONC1=C2CC2(c2ccc(Cl)c(Cl)c2)Oc2ccccc21. The summed E-state index contributed by atoms with van der Waals surface area (Å²) >= 11 is 12.3. The summed E-state index contributed by atoms with van der Waals surface area (Å²) in [5.74, 6) is 0.837. The predicted octanol–water partition coefficient (Wildman–Crippen LogP) is 4.92. The van der Waals surface area contributed by atoms with Crippen LogP contribution in [0.3, 0.4) is 0 Å². The second kappa shape index (κ2) is 7.72. The molecule has 1 saturated carbocycles. The molecule has 1 aliphatic heterocycles. The van der Waals surface area contributed by atoms with Gasteiger partial charge in [0.1, 0.15) is 5.75 Å². The predicted molar refractivity (Wildman–Crippen MR) is 109 cm³/mol. The highest BCUT2D eigenvalue weighted by atomic mass is 35.5. The van der Waals surface area contributed by atoms with Crippen LogP contribution >= 0.6 is 23.2 Å². The van der Waals surface area contributed by atoms with Gasteiger partial charge in [-0.3, -0.25) is 10.3 Å². The van der Waals surface area contributed by atoms with Crippen LogP contribution in [0.5, 0.6) is 5.75 Å². The van der Waals surface area contributed by atoms with E-state index in [4.69, 9.17) is 32.8 Å². The van der Waals surface area contributed by atoms with E-state index in [9.17, 15) is 0 Å². The van der Waals surface area contributed by atoms with Crippen molar-refractivity contribution in [3.63, 3.8) is 0 Å². The van der Waals surface area contributed by atoms with Crippen molar-refractivity contribution in [1.82, 2.24) is 10.8 Å². The van der Waals surface area contributed by atoms with Gasteiger partial charge in [-0.05, 0) is 43.8 Å². The Morgan fingerprint density at radius 1 is 1.15 bits per heavy atom. The lowest BCUT2D eigenvalue weighted by Crippen LogP contribution is -2.25. The summed E-state index contributed by atoms with van der Waals surface area (Å²) < 4.78 is 6.40. The average molecular weight is 405 g/mol. The summed E-state index contributed by atoms with van der Waals surface area (Å²) in [5, 5.41) is 4.37. The van der Waals surface area contributed by atoms with Crippen LogP contribution in [0.2, 0.25) is 10.0 Å². The maximum Gasteiger partial charge on any atom is 0.162 e. The highest BCUT2D eigenvalue weighted by molar-refractivity contribution is 6.42. The van der Waals surface area contributed by atoms with Gasteiger partial charge in [-0.1, -0.05) is 48.3 Å². The second-order valence-corrected chi connectivity index (χ2v) is 7.56. The van der Waals surface area contributed by atoms with E-state index in [0.717, 1.165) is 48.5 Å². The molecule has 6 heteroatoms. The van der Waals surface area contributed by atoms with Gasteiger partial charge in [0.15, 0.2) is 5.60 Å². The molecule has 0 saturated heterocycles. The number of fused-ring (bicyclic) bond motifs is 2. The zero-order chi connectivity index (χ0) is 18.9. The van der Waals surface area contributed by atoms with Crippen molar-refractivity contribution in [2.45, 2.75) is 25.4 Å². The molecule has 0 bridgehead atoms. The first-order valence-corrected chi connectivity index (χ1v) is 9.97. The van der Waals surface area contributed by atoms with Crippen molar-refractivity contribution in [1.29, 1.82) is 0 Å². The molecule has 1 unspecified atom stereocenters. The van der Waals surface area contributed by atoms with E-state index in [-0.39, 0.29) is 0 Å². The number of rotatable bonds is 8. The molecule has 4 rings (SSSR count). The number of para-hydroxylation sites is 1. The van der Waals surface area contributed by atoms with Crippen molar-refractivity contribution in [2.75, 3.05) is 19.7 Å². The van der Waals surface area contributed by atoms with Crippen LogP contribution in [0.1, 0.15) is 30.9 Å². The van der Waals surface area contributed by atoms with E-state index in [1.807, 2.05) is 42.5 Å². The van der Waals surface area contributed by atoms with Crippen LogP contribution in [0, 0.1) is 0 Å². The third-order valence-corrected chi connectivity index (χ3v) is 5.68. The normalized spacial score (nSPS) is 20.0. The van der Waals surface area contributed by atoms with Gasteiger partial charge >= 0.3 is 0 Å². The fourth-order valence-corrected chi connectivity index (χ4v) is 3.77. The van der Waals surface area contributed by atoms with E-state index < -0.39 is 5.60 Å². The van der Waals surface area contributed by atoms with Gasteiger partial charge < -0.3 is 10.1 Å². The van der Waals surface area contributed by atoms with E-state index in [0.29, 0.717) is 16.7 Å². The average Bonchev–Trinajstić information content (AvgIpc) is 3.41. The molecule has 1 aliphatic carbocycles. The number of hydroxylamine groups is 1. The van der Waals surface area contributed by atoms with Crippen molar-refractivity contribution < 1.29 is 9.57 Å². The first-order chi connectivity index (χ1) is 13.2. The summed E-state index contributed by atoms with van der Waals surface area (Å²) in [6.45, 7) is 4.64. The molecular formula is C21H22Cl2N2O2. The molecule has 2 aromatic rings. The molecule has 0 radical (unpaired) electrons.